The van der Waals surface area contributed by atoms with Gasteiger partial charge in [-0.15, -0.1) is 11.3 Å². The van der Waals surface area contributed by atoms with Crippen LogP contribution in [-0.4, -0.2) is 51.5 Å². The second-order valence-corrected chi connectivity index (χ2v) is 6.26. The number of hydrogen-bond acceptors (Lipinski definition) is 4. The van der Waals surface area contributed by atoms with Gasteiger partial charge in [-0.2, -0.15) is 0 Å². The summed E-state index contributed by atoms with van der Waals surface area (Å²) < 4.78 is 11.0. The fraction of sp³-hybridized carbons (Fsp3) is 0.688. The molecular formula is C16H27N3O2S. The largest absolute Gasteiger partial charge is 0.379 e. The highest BCUT2D eigenvalue weighted by atomic mass is 32.1. The van der Waals surface area contributed by atoms with Gasteiger partial charge in [-0.1, -0.05) is 6.07 Å². The molecule has 1 aromatic rings. The van der Waals surface area contributed by atoms with Gasteiger partial charge in [0.1, 0.15) is 0 Å². The molecule has 124 valence electrons. The van der Waals surface area contributed by atoms with E-state index < -0.39 is 0 Å². The van der Waals surface area contributed by atoms with Crippen molar-refractivity contribution in [1.82, 2.24) is 10.6 Å². The highest BCUT2D eigenvalue weighted by molar-refractivity contribution is 7.09. The first-order chi connectivity index (χ1) is 10.9. The third-order valence-electron chi connectivity index (χ3n) is 3.40. The second kappa shape index (κ2) is 10.6. The van der Waals surface area contributed by atoms with Crippen molar-refractivity contribution >= 4 is 17.3 Å². The van der Waals surface area contributed by atoms with E-state index in [-0.39, 0.29) is 0 Å². The second-order valence-electron chi connectivity index (χ2n) is 5.23. The Kier molecular flexibility index (Phi) is 8.30. The van der Waals surface area contributed by atoms with Crippen LogP contribution in [0.2, 0.25) is 0 Å². The maximum Gasteiger partial charge on any atom is 0.191 e. The van der Waals surface area contributed by atoms with Crippen molar-refractivity contribution in [2.45, 2.75) is 32.3 Å². The Morgan fingerprint density at radius 3 is 3.18 bits per heavy atom. The summed E-state index contributed by atoms with van der Waals surface area (Å²) in [7, 11) is 0. The predicted octanol–water partition coefficient (Wildman–Crippen LogP) is 2.04. The van der Waals surface area contributed by atoms with Gasteiger partial charge in [-0.25, -0.2) is 0 Å². The lowest BCUT2D eigenvalue weighted by Crippen LogP contribution is -2.38. The molecule has 0 spiro atoms. The van der Waals surface area contributed by atoms with Gasteiger partial charge in [0, 0.05) is 37.7 Å². The molecule has 1 aromatic heterocycles. The van der Waals surface area contributed by atoms with Gasteiger partial charge >= 0.3 is 0 Å². The summed E-state index contributed by atoms with van der Waals surface area (Å²) >= 11 is 1.80. The number of hydrogen-bond donors (Lipinski definition) is 2. The fourth-order valence-corrected chi connectivity index (χ4v) is 2.96. The molecule has 1 atom stereocenters. The Morgan fingerprint density at radius 1 is 1.50 bits per heavy atom. The zero-order valence-electron chi connectivity index (χ0n) is 13.3. The number of nitrogens with one attached hydrogen (secondary N) is 2. The third kappa shape index (κ3) is 6.77. The van der Waals surface area contributed by atoms with Gasteiger partial charge in [-0.3, -0.25) is 4.99 Å². The average Bonchev–Trinajstić information content (AvgIpc) is 3.20. The van der Waals surface area contributed by atoms with E-state index in [0.717, 1.165) is 64.7 Å². The normalized spacial score (nSPS) is 18.6. The molecule has 0 amide bonds. The molecule has 1 aliphatic rings. The summed E-state index contributed by atoms with van der Waals surface area (Å²) in [5.74, 6) is 0.892. The van der Waals surface area contributed by atoms with E-state index in [1.165, 1.54) is 4.88 Å². The average molecular weight is 325 g/mol. The summed E-state index contributed by atoms with van der Waals surface area (Å²) in [6.07, 6.45) is 3.29. The maximum absolute atomic E-state index is 5.74. The quantitative estimate of drug-likeness (QED) is 0.414. The van der Waals surface area contributed by atoms with Crippen molar-refractivity contribution in [3.05, 3.63) is 22.4 Å². The van der Waals surface area contributed by atoms with E-state index >= 15 is 0 Å². The van der Waals surface area contributed by atoms with Gasteiger partial charge in [0.2, 0.25) is 0 Å². The van der Waals surface area contributed by atoms with Crippen molar-refractivity contribution in [3.8, 4) is 0 Å². The van der Waals surface area contributed by atoms with Crippen LogP contribution >= 0.6 is 11.3 Å². The van der Waals surface area contributed by atoms with Crippen molar-refractivity contribution in [2.24, 2.45) is 4.99 Å². The number of ether oxygens (including phenoxy) is 2. The molecule has 0 aromatic carbocycles. The van der Waals surface area contributed by atoms with Crippen LogP contribution in [0.15, 0.2) is 22.5 Å². The molecule has 22 heavy (non-hydrogen) atoms. The lowest BCUT2D eigenvalue weighted by Gasteiger charge is -2.11. The summed E-state index contributed by atoms with van der Waals surface area (Å²) in [5, 5.41) is 8.77. The molecule has 1 saturated heterocycles. The highest BCUT2D eigenvalue weighted by Gasteiger charge is 2.15. The first kappa shape index (κ1) is 17.2. The molecule has 2 heterocycles. The maximum atomic E-state index is 5.74. The molecular weight excluding hydrogens is 298 g/mol. The van der Waals surface area contributed by atoms with Crippen molar-refractivity contribution in [1.29, 1.82) is 0 Å². The van der Waals surface area contributed by atoms with Crippen LogP contribution in [0.4, 0.5) is 0 Å². The summed E-state index contributed by atoms with van der Waals surface area (Å²) in [5.41, 5.74) is 0. The van der Waals surface area contributed by atoms with E-state index in [1.807, 2.05) is 0 Å². The van der Waals surface area contributed by atoms with Crippen LogP contribution in [0.5, 0.6) is 0 Å². The highest BCUT2D eigenvalue weighted by Crippen LogP contribution is 2.08. The first-order valence-electron chi connectivity index (χ1n) is 8.12. The van der Waals surface area contributed by atoms with Crippen LogP contribution in [0.25, 0.3) is 0 Å². The predicted molar refractivity (Wildman–Crippen MR) is 91.8 cm³/mol. The number of thiophene rings is 1. The van der Waals surface area contributed by atoms with Crippen LogP contribution in [-0.2, 0) is 15.9 Å². The Hall–Kier alpha value is -1.11. The molecule has 1 unspecified atom stereocenters. The van der Waals surface area contributed by atoms with Crippen LogP contribution in [0.3, 0.4) is 0 Å². The molecule has 1 fully saturated rings. The molecule has 6 heteroatoms. The minimum absolute atomic E-state index is 0.293. The lowest BCUT2D eigenvalue weighted by molar-refractivity contribution is 0.0424. The van der Waals surface area contributed by atoms with E-state index in [9.17, 15) is 0 Å². The van der Waals surface area contributed by atoms with Gasteiger partial charge in [0.25, 0.3) is 0 Å². The number of guanidine groups is 1. The Morgan fingerprint density at radius 2 is 2.45 bits per heavy atom. The number of nitrogens with zero attached hydrogens (tertiary/aromatic N) is 1. The third-order valence-corrected chi connectivity index (χ3v) is 4.34. The van der Waals surface area contributed by atoms with Crippen molar-refractivity contribution in [2.75, 3.05) is 39.5 Å². The van der Waals surface area contributed by atoms with Crippen molar-refractivity contribution in [3.63, 3.8) is 0 Å². The zero-order chi connectivity index (χ0) is 15.5. The van der Waals surface area contributed by atoms with Gasteiger partial charge in [-0.05, 0) is 37.6 Å². The molecule has 1 aliphatic heterocycles. The number of rotatable bonds is 9. The van der Waals surface area contributed by atoms with Gasteiger partial charge in [0.15, 0.2) is 5.96 Å². The molecule has 0 bridgehead atoms. The standard InChI is InChI=1S/C16H27N3O2S/c1-2-17-16(19-9-6-15-5-3-12-22-15)18-8-4-10-21-14-7-11-20-13-14/h3,5,12,14H,2,4,6-11,13H2,1H3,(H2,17,18,19). The molecule has 0 aliphatic carbocycles. The van der Waals surface area contributed by atoms with Gasteiger partial charge in [0.05, 0.1) is 12.7 Å². The summed E-state index contributed by atoms with van der Waals surface area (Å²) in [6, 6.07) is 4.26. The van der Waals surface area contributed by atoms with E-state index in [0.29, 0.717) is 6.10 Å². The van der Waals surface area contributed by atoms with E-state index in [2.05, 4.69) is 40.1 Å². The van der Waals surface area contributed by atoms with Crippen LogP contribution in [0, 0.1) is 0 Å². The zero-order valence-corrected chi connectivity index (χ0v) is 14.2. The topological polar surface area (TPSA) is 54.9 Å². The van der Waals surface area contributed by atoms with Crippen molar-refractivity contribution < 1.29 is 9.47 Å². The molecule has 0 radical (unpaired) electrons. The summed E-state index contributed by atoms with van der Waals surface area (Å²) in [4.78, 5) is 5.98. The van der Waals surface area contributed by atoms with Crippen LogP contribution < -0.4 is 10.6 Å². The van der Waals surface area contributed by atoms with Crippen LogP contribution in [0.1, 0.15) is 24.6 Å². The molecule has 5 nitrogen and oxygen atoms in total. The monoisotopic (exact) mass is 325 g/mol. The number of aliphatic imine (C=N–C) groups is 1. The Bertz CT molecular complexity index is 417. The first-order valence-corrected chi connectivity index (χ1v) is 9.00. The SMILES string of the molecule is CCNC(=NCCCOC1CCOC1)NCCc1cccs1. The fourth-order valence-electron chi connectivity index (χ4n) is 2.25. The minimum Gasteiger partial charge on any atom is -0.379 e. The molecule has 2 N–H and O–H groups in total. The summed E-state index contributed by atoms with van der Waals surface area (Å²) in [6.45, 7) is 6.98. The van der Waals surface area contributed by atoms with Gasteiger partial charge < -0.3 is 20.1 Å². The minimum atomic E-state index is 0.293. The smallest absolute Gasteiger partial charge is 0.191 e. The molecule has 0 saturated carbocycles. The van der Waals surface area contributed by atoms with E-state index in [1.54, 1.807) is 11.3 Å². The van der Waals surface area contributed by atoms with E-state index in [4.69, 9.17) is 9.47 Å². The Balaban J connectivity index is 1.58. The Labute approximate surface area is 137 Å². The lowest BCUT2D eigenvalue weighted by atomic mass is 10.3. The molecule has 2 rings (SSSR count).